The van der Waals surface area contributed by atoms with Crippen LogP contribution in [0, 0.1) is 0 Å². The fourth-order valence-electron chi connectivity index (χ4n) is 4.37. The zero-order valence-electron chi connectivity index (χ0n) is 18.1. The highest BCUT2D eigenvalue weighted by atomic mass is 16.4. The third kappa shape index (κ3) is 4.33. The highest BCUT2D eigenvalue weighted by molar-refractivity contribution is 5.86. The van der Waals surface area contributed by atoms with Crippen molar-refractivity contribution in [3.63, 3.8) is 0 Å². The standard InChI is InChI=1S/C26H27N3O3/c1-26(31)11-4-7-20(10-12-26)21-6-2-5-19(17-21)18-28-13-15-29(16-14-28)23-9-3-8-22-24(23)32-25(30)27-22/h2-12,17,31H,13-16,18H2,1H3,(H,27,30). The lowest BCUT2D eigenvalue weighted by molar-refractivity contribution is 0.164. The third-order valence-electron chi connectivity index (χ3n) is 6.11. The van der Waals surface area contributed by atoms with Gasteiger partial charge < -0.3 is 14.4 Å². The van der Waals surface area contributed by atoms with Crippen molar-refractivity contribution in [3.8, 4) is 0 Å². The first-order chi connectivity index (χ1) is 15.5. The van der Waals surface area contributed by atoms with Crippen LogP contribution in [0.5, 0.6) is 0 Å². The van der Waals surface area contributed by atoms with Crippen LogP contribution in [0.2, 0.25) is 0 Å². The van der Waals surface area contributed by atoms with Gasteiger partial charge in [-0.3, -0.25) is 9.88 Å². The van der Waals surface area contributed by atoms with E-state index in [4.69, 9.17) is 4.42 Å². The molecule has 5 rings (SSSR count). The van der Waals surface area contributed by atoms with Crippen LogP contribution in [0.25, 0.3) is 16.7 Å². The molecule has 1 unspecified atom stereocenters. The monoisotopic (exact) mass is 429 g/mol. The predicted molar refractivity (Wildman–Crippen MR) is 128 cm³/mol. The summed E-state index contributed by atoms with van der Waals surface area (Å²) >= 11 is 0. The second kappa shape index (κ2) is 8.30. The predicted octanol–water partition coefficient (Wildman–Crippen LogP) is 3.70. The Morgan fingerprint density at radius 3 is 2.75 bits per heavy atom. The first-order valence-corrected chi connectivity index (χ1v) is 11.0. The van der Waals surface area contributed by atoms with E-state index in [9.17, 15) is 9.90 Å². The van der Waals surface area contributed by atoms with Crippen molar-refractivity contribution >= 4 is 22.4 Å². The fourth-order valence-corrected chi connectivity index (χ4v) is 4.37. The van der Waals surface area contributed by atoms with Crippen molar-refractivity contribution in [1.82, 2.24) is 9.88 Å². The van der Waals surface area contributed by atoms with Crippen molar-refractivity contribution in [1.29, 1.82) is 0 Å². The number of para-hydroxylation sites is 1. The van der Waals surface area contributed by atoms with E-state index in [-0.39, 0.29) is 0 Å². The summed E-state index contributed by atoms with van der Waals surface area (Å²) in [5.74, 6) is -0.413. The average Bonchev–Trinajstić information content (AvgIpc) is 3.07. The van der Waals surface area contributed by atoms with Gasteiger partial charge in [0.05, 0.1) is 16.8 Å². The van der Waals surface area contributed by atoms with E-state index < -0.39 is 11.4 Å². The second-order valence-corrected chi connectivity index (χ2v) is 8.67. The molecular formula is C26H27N3O3. The molecule has 3 aromatic rings. The highest BCUT2D eigenvalue weighted by Crippen LogP contribution is 2.27. The zero-order chi connectivity index (χ0) is 22.1. The Hall–Kier alpha value is -3.35. The minimum absolute atomic E-state index is 0.413. The SMILES string of the molecule is CC1(O)C=CC=C(c2cccc(CN3CCN(c4cccc5[nH]c(=O)oc45)CC3)c2)C=C1. The summed E-state index contributed by atoms with van der Waals surface area (Å²) in [6, 6.07) is 14.4. The number of aromatic amines is 1. The summed E-state index contributed by atoms with van der Waals surface area (Å²) in [4.78, 5) is 19.1. The maximum absolute atomic E-state index is 11.6. The molecule has 2 aliphatic rings. The van der Waals surface area contributed by atoms with E-state index in [0.717, 1.165) is 55.1 Å². The number of hydrogen-bond acceptors (Lipinski definition) is 5. The quantitative estimate of drug-likeness (QED) is 0.662. The Balaban J connectivity index is 1.26. The van der Waals surface area contributed by atoms with Gasteiger partial charge in [0, 0.05) is 32.7 Å². The van der Waals surface area contributed by atoms with Crippen LogP contribution in [-0.4, -0.2) is 46.8 Å². The van der Waals surface area contributed by atoms with Crippen molar-refractivity contribution in [2.75, 3.05) is 31.1 Å². The summed E-state index contributed by atoms with van der Waals surface area (Å²) in [5.41, 5.74) is 4.94. The molecule has 1 atom stereocenters. The number of allylic oxidation sites excluding steroid dienone is 4. The average molecular weight is 430 g/mol. The Morgan fingerprint density at radius 1 is 1.09 bits per heavy atom. The molecule has 0 bridgehead atoms. The van der Waals surface area contributed by atoms with E-state index in [0.29, 0.717) is 5.58 Å². The lowest BCUT2D eigenvalue weighted by Gasteiger charge is -2.36. The number of fused-ring (bicyclic) bond motifs is 1. The van der Waals surface area contributed by atoms with Gasteiger partial charge in [-0.05, 0) is 54.0 Å². The van der Waals surface area contributed by atoms with Crippen LogP contribution in [0.1, 0.15) is 18.1 Å². The van der Waals surface area contributed by atoms with Gasteiger partial charge in [-0.15, -0.1) is 0 Å². The number of aromatic nitrogens is 1. The van der Waals surface area contributed by atoms with Gasteiger partial charge >= 0.3 is 5.76 Å². The van der Waals surface area contributed by atoms with Gasteiger partial charge in [0.15, 0.2) is 5.58 Å². The number of H-pyrrole nitrogens is 1. The number of oxazole rings is 1. The molecule has 0 radical (unpaired) electrons. The zero-order valence-corrected chi connectivity index (χ0v) is 18.1. The molecule has 1 aromatic heterocycles. The number of benzene rings is 2. The lowest BCUT2D eigenvalue weighted by atomic mass is 10.0. The normalized spacial score (nSPS) is 21.7. The molecule has 2 heterocycles. The van der Waals surface area contributed by atoms with Gasteiger partial charge in [0.25, 0.3) is 0 Å². The summed E-state index contributed by atoms with van der Waals surface area (Å²) in [6.07, 6.45) is 9.54. The van der Waals surface area contributed by atoms with E-state index in [2.05, 4.69) is 39.0 Å². The van der Waals surface area contributed by atoms with Crippen LogP contribution >= 0.6 is 0 Å². The van der Waals surface area contributed by atoms with E-state index in [1.807, 2.05) is 42.5 Å². The number of rotatable bonds is 4. The van der Waals surface area contributed by atoms with Gasteiger partial charge in [-0.25, -0.2) is 4.79 Å². The number of nitrogens with zero attached hydrogens (tertiary/aromatic N) is 2. The van der Waals surface area contributed by atoms with Crippen molar-refractivity contribution < 1.29 is 9.52 Å². The summed E-state index contributed by atoms with van der Waals surface area (Å²) in [5, 5.41) is 10.2. The third-order valence-corrected chi connectivity index (χ3v) is 6.11. The van der Waals surface area contributed by atoms with Gasteiger partial charge in [-0.2, -0.15) is 0 Å². The maximum atomic E-state index is 11.6. The minimum atomic E-state index is -0.914. The van der Waals surface area contributed by atoms with E-state index in [1.54, 1.807) is 13.0 Å². The molecule has 2 N–H and O–H groups in total. The van der Waals surface area contributed by atoms with Crippen LogP contribution in [-0.2, 0) is 6.54 Å². The molecule has 2 aromatic carbocycles. The van der Waals surface area contributed by atoms with Crippen LogP contribution in [0.15, 0.2) is 82.1 Å². The van der Waals surface area contributed by atoms with Gasteiger partial charge in [0.2, 0.25) is 0 Å². The van der Waals surface area contributed by atoms with Gasteiger partial charge in [-0.1, -0.05) is 42.5 Å². The molecular weight excluding hydrogens is 402 g/mol. The van der Waals surface area contributed by atoms with Crippen LogP contribution in [0.4, 0.5) is 5.69 Å². The second-order valence-electron chi connectivity index (χ2n) is 8.67. The van der Waals surface area contributed by atoms with Crippen LogP contribution in [0.3, 0.4) is 0 Å². The summed E-state index contributed by atoms with van der Waals surface area (Å²) in [7, 11) is 0. The Labute approximate surface area is 186 Å². The molecule has 1 fully saturated rings. The molecule has 0 amide bonds. The molecule has 1 aliphatic carbocycles. The van der Waals surface area contributed by atoms with Gasteiger partial charge in [0.1, 0.15) is 0 Å². The topological polar surface area (TPSA) is 72.7 Å². The van der Waals surface area contributed by atoms with Crippen LogP contribution < -0.4 is 10.7 Å². The number of aliphatic hydroxyl groups is 1. The molecule has 1 saturated heterocycles. The van der Waals surface area contributed by atoms with Crippen molar-refractivity contribution in [2.45, 2.75) is 19.1 Å². The molecule has 164 valence electrons. The molecule has 6 nitrogen and oxygen atoms in total. The highest BCUT2D eigenvalue weighted by Gasteiger charge is 2.21. The Kier molecular flexibility index (Phi) is 5.33. The number of nitrogens with one attached hydrogen (secondary N) is 1. The van der Waals surface area contributed by atoms with E-state index in [1.165, 1.54) is 5.56 Å². The smallest absolute Gasteiger partial charge is 0.406 e. The number of anilines is 1. The Morgan fingerprint density at radius 2 is 1.91 bits per heavy atom. The first-order valence-electron chi connectivity index (χ1n) is 11.0. The summed E-state index contributed by atoms with van der Waals surface area (Å²) < 4.78 is 5.37. The molecule has 0 spiro atoms. The molecule has 0 saturated carbocycles. The molecule has 32 heavy (non-hydrogen) atoms. The molecule has 1 aliphatic heterocycles. The summed E-state index contributed by atoms with van der Waals surface area (Å²) in [6.45, 7) is 6.28. The minimum Gasteiger partial charge on any atom is -0.406 e. The van der Waals surface area contributed by atoms with Crippen molar-refractivity contribution in [2.24, 2.45) is 0 Å². The lowest BCUT2D eigenvalue weighted by Crippen LogP contribution is -2.46. The number of hydrogen-bond donors (Lipinski definition) is 2. The van der Waals surface area contributed by atoms with E-state index >= 15 is 0 Å². The Bertz CT molecular complexity index is 1270. The largest absolute Gasteiger partial charge is 0.417 e. The maximum Gasteiger partial charge on any atom is 0.417 e. The first kappa shape index (κ1) is 20.5. The van der Waals surface area contributed by atoms with Crippen molar-refractivity contribution in [3.05, 3.63) is 94.5 Å². The number of piperazine rings is 1. The molecule has 6 heteroatoms. The fraction of sp³-hybridized carbons (Fsp3) is 0.269.